The SMILES string of the molecule is CC(C)c1cccc(C(C)C)c1N/C(=C\c1ccc2ccccc2n1)c1ccccc1. The van der Waals surface area contributed by atoms with Gasteiger partial charge in [-0.25, -0.2) is 4.98 Å². The predicted molar refractivity (Wildman–Crippen MR) is 134 cm³/mol. The third-order valence-corrected chi connectivity index (χ3v) is 5.63. The summed E-state index contributed by atoms with van der Waals surface area (Å²) in [6.07, 6.45) is 2.16. The van der Waals surface area contributed by atoms with Crippen molar-refractivity contribution in [1.82, 2.24) is 4.98 Å². The number of hydrogen-bond acceptors (Lipinski definition) is 2. The van der Waals surface area contributed by atoms with E-state index in [1.54, 1.807) is 0 Å². The van der Waals surface area contributed by atoms with Crippen molar-refractivity contribution in [1.29, 1.82) is 0 Å². The molecule has 2 nitrogen and oxygen atoms in total. The van der Waals surface area contributed by atoms with Crippen molar-refractivity contribution in [3.05, 3.63) is 107 Å². The van der Waals surface area contributed by atoms with E-state index < -0.39 is 0 Å². The number of benzene rings is 3. The van der Waals surface area contributed by atoms with Crippen molar-refractivity contribution in [3.8, 4) is 0 Å². The molecule has 1 heterocycles. The number of rotatable bonds is 6. The minimum absolute atomic E-state index is 0.428. The summed E-state index contributed by atoms with van der Waals surface area (Å²) in [5, 5.41) is 4.97. The van der Waals surface area contributed by atoms with Crippen molar-refractivity contribution >= 4 is 28.4 Å². The van der Waals surface area contributed by atoms with Crippen LogP contribution in [0.15, 0.2) is 84.9 Å². The first-order valence-corrected chi connectivity index (χ1v) is 11.1. The Kier molecular flexibility index (Phi) is 6.18. The van der Waals surface area contributed by atoms with Crippen LogP contribution in [0, 0.1) is 0 Å². The summed E-state index contributed by atoms with van der Waals surface area (Å²) in [5.74, 6) is 0.856. The van der Waals surface area contributed by atoms with Crippen LogP contribution in [0.2, 0.25) is 0 Å². The van der Waals surface area contributed by atoms with Gasteiger partial charge in [0.1, 0.15) is 0 Å². The normalized spacial score (nSPS) is 12.0. The highest BCUT2D eigenvalue weighted by Crippen LogP contribution is 2.35. The molecule has 0 amide bonds. The van der Waals surface area contributed by atoms with E-state index in [2.05, 4.69) is 112 Å². The standard InChI is InChI=1S/C29H30N2/c1-20(2)25-14-10-15-26(21(3)4)29(25)31-28(22-11-6-5-7-12-22)19-24-18-17-23-13-8-9-16-27(23)30-24/h5-21,31H,1-4H3/b28-19-. The number of anilines is 1. The maximum absolute atomic E-state index is 4.88. The molecule has 0 aliphatic rings. The predicted octanol–water partition coefficient (Wildman–Crippen LogP) is 8.09. The zero-order chi connectivity index (χ0) is 21.8. The molecule has 0 saturated carbocycles. The summed E-state index contributed by atoms with van der Waals surface area (Å²) >= 11 is 0. The number of pyridine rings is 1. The first-order valence-electron chi connectivity index (χ1n) is 11.1. The lowest BCUT2D eigenvalue weighted by atomic mass is 9.92. The topological polar surface area (TPSA) is 24.9 Å². The number of aromatic nitrogens is 1. The Bertz CT molecular complexity index is 1180. The van der Waals surface area contributed by atoms with Crippen LogP contribution in [0.5, 0.6) is 0 Å². The van der Waals surface area contributed by atoms with E-state index in [0.29, 0.717) is 11.8 Å². The Morgan fingerprint density at radius 2 is 1.35 bits per heavy atom. The van der Waals surface area contributed by atoms with Gasteiger partial charge in [-0.15, -0.1) is 0 Å². The second-order valence-electron chi connectivity index (χ2n) is 8.60. The average molecular weight is 407 g/mol. The first-order chi connectivity index (χ1) is 15.0. The highest BCUT2D eigenvalue weighted by molar-refractivity contribution is 5.90. The Hall–Kier alpha value is -3.39. The van der Waals surface area contributed by atoms with Gasteiger partial charge >= 0.3 is 0 Å². The monoisotopic (exact) mass is 406 g/mol. The number of hydrogen-bond donors (Lipinski definition) is 1. The molecule has 1 N–H and O–H groups in total. The second-order valence-corrected chi connectivity index (χ2v) is 8.60. The van der Waals surface area contributed by atoms with Gasteiger partial charge < -0.3 is 5.32 Å². The van der Waals surface area contributed by atoms with Gasteiger partial charge in [-0.2, -0.15) is 0 Å². The molecule has 31 heavy (non-hydrogen) atoms. The van der Waals surface area contributed by atoms with Crippen molar-refractivity contribution in [2.24, 2.45) is 0 Å². The van der Waals surface area contributed by atoms with Gasteiger partial charge in [-0.05, 0) is 46.7 Å². The van der Waals surface area contributed by atoms with Crippen LogP contribution in [0.4, 0.5) is 5.69 Å². The molecule has 0 fully saturated rings. The summed E-state index contributed by atoms with van der Waals surface area (Å²) in [7, 11) is 0. The van der Waals surface area contributed by atoms with Crippen LogP contribution in [-0.4, -0.2) is 4.98 Å². The Morgan fingerprint density at radius 3 is 2.03 bits per heavy atom. The van der Waals surface area contributed by atoms with E-state index >= 15 is 0 Å². The van der Waals surface area contributed by atoms with E-state index in [1.165, 1.54) is 16.8 Å². The number of fused-ring (bicyclic) bond motifs is 1. The van der Waals surface area contributed by atoms with Gasteiger partial charge in [0, 0.05) is 16.8 Å². The highest BCUT2D eigenvalue weighted by Gasteiger charge is 2.15. The molecule has 0 atom stereocenters. The molecule has 0 aliphatic carbocycles. The molecule has 0 aliphatic heterocycles. The van der Waals surface area contributed by atoms with Crippen LogP contribution < -0.4 is 5.32 Å². The highest BCUT2D eigenvalue weighted by atomic mass is 14.9. The molecular weight excluding hydrogens is 376 g/mol. The molecule has 4 aromatic rings. The van der Waals surface area contributed by atoms with Gasteiger partial charge in [0.2, 0.25) is 0 Å². The van der Waals surface area contributed by atoms with E-state index in [0.717, 1.165) is 27.9 Å². The maximum Gasteiger partial charge on any atom is 0.0709 e. The van der Waals surface area contributed by atoms with Gasteiger partial charge in [-0.3, -0.25) is 0 Å². The Balaban J connectivity index is 1.85. The summed E-state index contributed by atoms with van der Waals surface area (Å²) in [6, 6.07) is 29.6. The van der Waals surface area contributed by atoms with E-state index in [4.69, 9.17) is 4.98 Å². The van der Waals surface area contributed by atoms with E-state index in [-0.39, 0.29) is 0 Å². The molecule has 0 spiro atoms. The van der Waals surface area contributed by atoms with Crippen molar-refractivity contribution in [2.45, 2.75) is 39.5 Å². The van der Waals surface area contributed by atoms with Crippen molar-refractivity contribution in [3.63, 3.8) is 0 Å². The van der Waals surface area contributed by atoms with Crippen LogP contribution >= 0.6 is 0 Å². The lowest BCUT2D eigenvalue weighted by Gasteiger charge is -2.22. The van der Waals surface area contributed by atoms with E-state index in [1.807, 2.05) is 12.1 Å². The average Bonchev–Trinajstić information content (AvgIpc) is 2.79. The molecule has 0 radical (unpaired) electrons. The van der Waals surface area contributed by atoms with Crippen molar-refractivity contribution in [2.75, 3.05) is 5.32 Å². The first kappa shape index (κ1) is 20.9. The number of para-hydroxylation sites is 2. The third-order valence-electron chi connectivity index (χ3n) is 5.63. The lowest BCUT2D eigenvalue weighted by Crippen LogP contribution is -2.07. The van der Waals surface area contributed by atoms with Crippen LogP contribution in [0.1, 0.15) is 61.9 Å². The Labute approximate surface area is 185 Å². The van der Waals surface area contributed by atoms with Gasteiger partial charge in [0.15, 0.2) is 0 Å². The van der Waals surface area contributed by atoms with Gasteiger partial charge in [-0.1, -0.05) is 100 Å². The minimum Gasteiger partial charge on any atom is -0.355 e. The summed E-state index contributed by atoms with van der Waals surface area (Å²) in [4.78, 5) is 4.88. The fraction of sp³-hybridized carbons (Fsp3) is 0.207. The summed E-state index contributed by atoms with van der Waals surface area (Å²) in [5.41, 5.74) is 8.03. The molecule has 0 bridgehead atoms. The molecule has 4 rings (SSSR count). The minimum atomic E-state index is 0.428. The summed E-state index contributed by atoms with van der Waals surface area (Å²) in [6.45, 7) is 9.01. The molecule has 0 unspecified atom stereocenters. The Morgan fingerprint density at radius 1 is 0.710 bits per heavy atom. The third kappa shape index (κ3) is 4.69. The quantitative estimate of drug-likeness (QED) is 0.350. The molecule has 1 aromatic heterocycles. The largest absolute Gasteiger partial charge is 0.355 e. The van der Waals surface area contributed by atoms with Gasteiger partial charge in [0.05, 0.1) is 11.2 Å². The summed E-state index contributed by atoms with van der Waals surface area (Å²) < 4.78 is 0. The zero-order valence-corrected chi connectivity index (χ0v) is 18.8. The fourth-order valence-electron chi connectivity index (χ4n) is 3.95. The maximum atomic E-state index is 4.88. The number of nitrogens with zero attached hydrogens (tertiary/aromatic N) is 1. The van der Waals surface area contributed by atoms with Crippen LogP contribution in [0.25, 0.3) is 22.7 Å². The molecule has 0 saturated heterocycles. The van der Waals surface area contributed by atoms with Crippen LogP contribution in [0.3, 0.4) is 0 Å². The number of nitrogens with one attached hydrogen (secondary N) is 1. The zero-order valence-electron chi connectivity index (χ0n) is 18.8. The van der Waals surface area contributed by atoms with E-state index in [9.17, 15) is 0 Å². The van der Waals surface area contributed by atoms with Gasteiger partial charge in [0.25, 0.3) is 0 Å². The lowest BCUT2D eigenvalue weighted by molar-refractivity contribution is 0.838. The molecule has 156 valence electrons. The molecule has 3 aromatic carbocycles. The molecular formula is C29H30N2. The van der Waals surface area contributed by atoms with Crippen LogP contribution in [-0.2, 0) is 0 Å². The molecule has 2 heteroatoms. The fourth-order valence-corrected chi connectivity index (χ4v) is 3.95. The smallest absolute Gasteiger partial charge is 0.0709 e. The van der Waals surface area contributed by atoms with Crippen molar-refractivity contribution < 1.29 is 0 Å². The second kappa shape index (κ2) is 9.18.